The van der Waals surface area contributed by atoms with Crippen LogP contribution in [0, 0.1) is 11.3 Å². The number of anilines is 1. The molecule has 9 nitrogen and oxygen atoms in total. The number of aryl methyl sites for hydroxylation is 1. The molecule has 2 aromatic heterocycles. The largest absolute Gasteiger partial charge is 0.348 e. The van der Waals surface area contributed by atoms with E-state index in [0.717, 1.165) is 37.7 Å². The van der Waals surface area contributed by atoms with Gasteiger partial charge < -0.3 is 15.2 Å². The van der Waals surface area contributed by atoms with E-state index in [0.29, 0.717) is 29.7 Å². The smallest absolute Gasteiger partial charge is 0.327 e. The van der Waals surface area contributed by atoms with E-state index in [4.69, 9.17) is 0 Å². The predicted octanol–water partition coefficient (Wildman–Crippen LogP) is 3.48. The molecule has 3 aliphatic rings. The number of hydrogen-bond acceptors (Lipinski definition) is 6. The third-order valence-corrected chi connectivity index (χ3v) is 8.30. The summed E-state index contributed by atoms with van der Waals surface area (Å²) in [7, 11) is 0. The van der Waals surface area contributed by atoms with Gasteiger partial charge in [-0.3, -0.25) is 14.3 Å². The van der Waals surface area contributed by atoms with Crippen molar-refractivity contribution in [1.82, 2.24) is 29.3 Å². The fourth-order valence-electron chi connectivity index (χ4n) is 6.04. The van der Waals surface area contributed by atoms with Gasteiger partial charge in [-0.2, -0.15) is 4.98 Å². The average molecular weight is 502 g/mol. The molecule has 1 aliphatic carbocycles. The Morgan fingerprint density at radius 2 is 1.92 bits per heavy atom. The topological polar surface area (TPSA) is 99.2 Å². The van der Waals surface area contributed by atoms with Gasteiger partial charge >= 0.3 is 5.69 Å². The highest BCUT2D eigenvalue weighted by Crippen LogP contribution is 2.47. The fraction of sp³-hybridized carbons (Fsp3) is 0.500. The molecule has 37 heavy (non-hydrogen) atoms. The van der Waals surface area contributed by atoms with Gasteiger partial charge in [0, 0.05) is 44.2 Å². The summed E-state index contributed by atoms with van der Waals surface area (Å²) >= 11 is 0. The number of aromatic amines is 1. The maximum atomic E-state index is 12.1. The number of carbonyl (C=O) groups is 1. The molecule has 4 heterocycles. The van der Waals surface area contributed by atoms with E-state index in [2.05, 4.69) is 62.9 Å². The molecule has 2 atom stereocenters. The van der Waals surface area contributed by atoms with E-state index >= 15 is 0 Å². The number of hydrogen-bond donors (Lipinski definition) is 2. The predicted molar refractivity (Wildman–Crippen MR) is 143 cm³/mol. The first kappa shape index (κ1) is 23.9. The number of likely N-dealkylation sites (tertiary alicyclic amines) is 2. The van der Waals surface area contributed by atoms with Gasteiger partial charge in [-0.25, -0.2) is 9.78 Å². The lowest BCUT2D eigenvalue weighted by Gasteiger charge is -2.62. The Bertz CT molecular complexity index is 1370. The van der Waals surface area contributed by atoms with Crippen LogP contribution in [0.3, 0.4) is 0 Å². The number of benzene rings is 1. The van der Waals surface area contributed by atoms with E-state index in [1.54, 1.807) is 10.8 Å². The summed E-state index contributed by atoms with van der Waals surface area (Å²) in [6.45, 7) is 12.0. The number of H-pyrrole nitrogens is 1. The first-order chi connectivity index (χ1) is 17.9. The molecule has 1 saturated carbocycles. The molecule has 9 heteroatoms. The van der Waals surface area contributed by atoms with Crippen LogP contribution < -0.4 is 11.0 Å². The van der Waals surface area contributed by atoms with E-state index < -0.39 is 0 Å². The van der Waals surface area contributed by atoms with Crippen LogP contribution in [0.1, 0.15) is 56.3 Å². The van der Waals surface area contributed by atoms with Gasteiger partial charge in [-0.15, -0.1) is 0 Å². The van der Waals surface area contributed by atoms with Crippen molar-refractivity contribution in [3.05, 3.63) is 64.7 Å². The van der Waals surface area contributed by atoms with E-state index in [9.17, 15) is 9.59 Å². The van der Waals surface area contributed by atoms with Crippen LogP contribution in [0.5, 0.6) is 0 Å². The number of nitrogens with one attached hydrogen (secondary N) is 2. The van der Waals surface area contributed by atoms with E-state index in [1.807, 2.05) is 11.8 Å². The lowest BCUT2D eigenvalue weighted by Crippen LogP contribution is -2.73. The van der Waals surface area contributed by atoms with Crippen LogP contribution in [0.25, 0.3) is 11.2 Å². The van der Waals surface area contributed by atoms with Crippen molar-refractivity contribution in [2.75, 3.05) is 31.5 Å². The summed E-state index contributed by atoms with van der Waals surface area (Å²) < 4.78 is 1.61. The minimum Gasteiger partial charge on any atom is -0.348 e. The third kappa shape index (κ3) is 4.45. The standard InChI is InChI=1S/C28H35N7O2/c1-4-24(36)34-16-28(17-34)14-33(15-28)23(12-19-6-7-19)21-10-8-20(9-11-21)18(3)30-26-29-13-22-25(32-26)35(5-2)27(37)31-22/h4,8-11,13,18-19,23H,1,5-7,12,14-17H2,2-3H3,(H,31,37)(H,29,30,32)/t18-,23?/m0/s1. The molecule has 1 aromatic carbocycles. The molecular formula is C28H35N7O2. The SMILES string of the molecule is C=CC(=O)N1CC2(C1)CN(C(CC1CC1)c1ccc([C@H](C)Nc3ncc4[nH]c(=O)n(CC)c4n3)cc1)C2. The van der Waals surface area contributed by atoms with Crippen LogP contribution >= 0.6 is 0 Å². The quantitative estimate of drug-likeness (QED) is 0.436. The highest BCUT2D eigenvalue weighted by Gasteiger charge is 2.54. The van der Waals surface area contributed by atoms with Crippen molar-refractivity contribution in [1.29, 1.82) is 0 Å². The number of carbonyl (C=O) groups excluding carboxylic acids is 1. The number of nitrogens with zero attached hydrogens (tertiary/aromatic N) is 5. The van der Waals surface area contributed by atoms with Gasteiger partial charge in [-0.1, -0.05) is 43.7 Å². The van der Waals surface area contributed by atoms with Gasteiger partial charge in [0.25, 0.3) is 0 Å². The molecular weight excluding hydrogens is 466 g/mol. The normalized spacial score (nSPS) is 20.3. The van der Waals surface area contributed by atoms with Gasteiger partial charge in [0.05, 0.1) is 12.2 Å². The van der Waals surface area contributed by atoms with Crippen LogP contribution in [-0.4, -0.2) is 61.4 Å². The molecule has 2 aliphatic heterocycles. The molecule has 6 rings (SSSR count). The van der Waals surface area contributed by atoms with Gasteiger partial charge in [0.2, 0.25) is 11.9 Å². The molecule has 2 N–H and O–H groups in total. The Hall–Kier alpha value is -3.46. The Balaban J connectivity index is 1.12. The molecule has 194 valence electrons. The molecule has 0 radical (unpaired) electrons. The van der Waals surface area contributed by atoms with Crippen molar-refractivity contribution in [2.24, 2.45) is 11.3 Å². The van der Waals surface area contributed by atoms with Crippen LogP contribution in [-0.2, 0) is 11.3 Å². The van der Waals surface area contributed by atoms with Crippen LogP contribution in [0.15, 0.2) is 47.9 Å². The third-order valence-electron chi connectivity index (χ3n) is 8.30. The summed E-state index contributed by atoms with van der Waals surface area (Å²) in [5.74, 6) is 1.39. The molecule has 3 fully saturated rings. The second-order valence-corrected chi connectivity index (χ2v) is 11.1. The summed E-state index contributed by atoms with van der Waals surface area (Å²) in [5.41, 5.74) is 3.91. The summed E-state index contributed by atoms with van der Waals surface area (Å²) in [6, 6.07) is 9.39. The maximum absolute atomic E-state index is 12.1. The summed E-state index contributed by atoms with van der Waals surface area (Å²) in [6.07, 6.45) is 6.97. The minimum absolute atomic E-state index is 0.0183. The first-order valence-electron chi connectivity index (χ1n) is 13.4. The van der Waals surface area contributed by atoms with E-state index in [1.165, 1.54) is 30.9 Å². The number of rotatable bonds is 9. The van der Waals surface area contributed by atoms with Gasteiger partial charge in [0.1, 0.15) is 5.52 Å². The molecule has 1 unspecified atom stereocenters. The Morgan fingerprint density at radius 1 is 1.22 bits per heavy atom. The number of aromatic nitrogens is 4. The second-order valence-electron chi connectivity index (χ2n) is 11.1. The molecule has 2 saturated heterocycles. The number of amides is 1. The monoisotopic (exact) mass is 501 g/mol. The zero-order valence-electron chi connectivity index (χ0n) is 21.6. The molecule has 1 spiro atoms. The highest BCUT2D eigenvalue weighted by atomic mass is 16.2. The van der Waals surface area contributed by atoms with Gasteiger partial charge in [-0.05, 0) is 43.4 Å². The Labute approximate surface area is 216 Å². The van der Waals surface area contributed by atoms with Crippen LogP contribution in [0.4, 0.5) is 5.95 Å². The fourth-order valence-corrected chi connectivity index (χ4v) is 6.04. The minimum atomic E-state index is -0.165. The van der Waals surface area contributed by atoms with E-state index in [-0.39, 0.29) is 23.1 Å². The van der Waals surface area contributed by atoms with Crippen molar-refractivity contribution < 1.29 is 4.79 Å². The first-order valence-corrected chi connectivity index (χ1v) is 13.4. The number of imidazole rings is 1. The lowest BCUT2D eigenvalue weighted by atomic mass is 9.71. The average Bonchev–Trinajstić information content (AvgIpc) is 3.61. The van der Waals surface area contributed by atoms with Crippen LogP contribution in [0.2, 0.25) is 0 Å². The van der Waals surface area contributed by atoms with Gasteiger partial charge in [0.15, 0.2) is 5.65 Å². The summed E-state index contributed by atoms with van der Waals surface area (Å²) in [5, 5.41) is 3.39. The molecule has 1 amide bonds. The summed E-state index contributed by atoms with van der Waals surface area (Å²) in [4.78, 5) is 40.2. The van der Waals surface area contributed by atoms with Crippen molar-refractivity contribution in [2.45, 2.75) is 51.7 Å². The Morgan fingerprint density at radius 3 is 2.57 bits per heavy atom. The lowest BCUT2D eigenvalue weighted by molar-refractivity contribution is -0.159. The zero-order valence-corrected chi connectivity index (χ0v) is 21.6. The highest BCUT2D eigenvalue weighted by molar-refractivity contribution is 5.87. The zero-order chi connectivity index (χ0) is 25.7. The molecule has 0 bridgehead atoms. The van der Waals surface area contributed by atoms with Crippen molar-refractivity contribution in [3.8, 4) is 0 Å². The Kier molecular flexibility index (Phi) is 5.90. The van der Waals surface area contributed by atoms with Crippen molar-refractivity contribution in [3.63, 3.8) is 0 Å². The second kappa shape index (κ2) is 9.13. The van der Waals surface area contributed by atoms with Crippen molar-refractivity contribution >= 4 is 23.0 Å². The number of fused-ring (bicyclic) bond motifs is 1. The molecule has 3 aromatic rings. The maximum Gasteiger partial charge on any atom is 0.327 e.